The van der Waals surface area contributed by atoms with Crippen molar-refractivity contribution < 1.29 is 9.18 Å². The Morgan fingerprint density at radius 1 is 1.17 bits per heavy atom. The van der Waals surface area contributed by atoms with Gasteiger partial charge in [-0.2, -0.15) is 5.10 Å². The first-order valence-corrected chi connectivity index (χ1v) is 10.3. The Balaban J connectivity index is 1.36. The fourth-order valence-electron chi connectivity index (χ4n) is 3.81. The van der Waals surface area contributed by atoms with Gasteiger partial charge in [0.1, 0.15) is 5.82 Å². The molecule has 1 aliphatic rings. The number of hydrogen-bond donors (Lipinski definition) is 0. The van der Waals surface area contributed by atoms with Gasteiger partial charge in [-0.1, -0.05) is 18.2 Å². The molecule has 7 heteroatoms. The maximum Gasteiger partial charge on any atom is 0.227 e. The maximum atomic E-state index is 13.3. The molecule has 0 radical (unpaired) electrons. The first-order valence-electron chi connectivity index (χ1n) is 9.51. The molecular weight excluding hydrogens is 387 g/mol. The molecule has 2 aromatic carbocycles. The third kappa shape index (κ3) is 3.42. The SMILES string of the molecule is Cc1nc2cc(CC(=O)N3CCn4ncc(-c5ccc(F)cc5)c4C3)ccc2s1. The smallest absolute Gasteiger partial charge is 0.227 e. The third-order valence-corrected chi connectivity index (χ3v) is 6.25. The van der Waals surface area contributed by atoms with Crippen molar-refractivity contribution in [2.24, 2.45) is 0 Å². The summed E-state index contributed by atoms with van der Waals surface area (Å²) in [7, 11) is 0. The zero-order valence-corrected chi connectivity index (χ0v) is 16.7. The van der Waals surface area contributed by atoms with Gasteiger partial charge >= 0.3 is 0 Å². The Bertz CT molecular complexity index is 1210. The van der Waals surface area contributed by atoms with E-state index in [1.807, 2.05) is 34.7 Å². The summed E-state index contributed by atoms with van der Waals surface area (Å²) in [6.45, 7) is 3.79. The molecule has 2 aromatic heterocycles. The van der Waals surface area contributed by atoms with Gasteiger partial charge in [-0.15, -0.1) is 11.3 Å². The lowest BCUT2D eigenvalue weighted by molar-refractivity contribution is -0.131. The zero-order valence-electron chi connectivity index (χ0n) is 15.9. The van der Waals surface area contributed by atoms with Crippen molar-refractivity contribution in [3.8, 4) is 11.1 Å². The topological polar surface area (TPSA) is 51.0 Å². The van der Waals surface area contributed by atoms with Gasteiger partial charge in [-0.3, -0.25) is 9.48 Å². The zero-order chi connectivity index (χ0) is 20.0. The number of hydrogen-bond acceptors (Lipinski definition) is 4. The fraction of sp³-hybridized carbons (Fsp3) is 0.227. The number of nitrogens with zero attached hydrogens (tertiary/aromatic N) is 4. The molecule has 0 unspecified atom stereocenters. The molecule has 0 N–H and O–H groups in total. The highest BCUT2D eigenvalue weighted by molar-refractivity contribution is 7.18. The van der Waals surface area contributed by atoms with Crippen molar-refractivity contribution >= 4 is 27.5 Å². The Kier molecular flexibility index (Phi) is 4.39. The normalized spacial score (nSPS) is 13.7. The highest BCUT2D eigenvalue weighted by Gasteiger charge is 2.24. The van der Waals surface area contributed by atoms with E-state index in [0.717, 1.165) is 37.6 Å². The van der Waals surface area contributed by atoms with Crippen LogP contribution in [0.3, 0.4) is 0 Å². The van der Waals surface area contributed by atoms with E-state index >= 15 is 0 Å². The molecule has 0 bridgehead atoms. The van der Waals surface area contributed by atoms with Gasteiger partial charge < -0.3 is 4.90 Å². The first-order chi connectivity index (χ1) is 14.1. The van der Waals surface area contributed by atoms with Crippen molar-refractivity contribution in [1.82, 2.24) is 19.7 Å². The second-order valence-electron chi connectivity index (χ2n) is 7.26. The molecular formula is C22H19FN4OS. The molecule has 5 nitrogen and oxygen atoms in total. The molecule has 146 valence electrons. The van der Waals surface area contributed by atoms with Gasteiger partial charge in [0, 0.05) is 12.1 Å². The number of benzene rings is 2. The second kappa shape index (κ2) is 7.08. The number of halogens is 1. The van der Waals surface area contributed by atoms with Crippen molar-refractivity contribution in [2.75, 3.05) is 6.54 Å². The van der Waals surface area contributed by atoms with Crippen LogP contribution < -0.4 is 0 Å². The van der Waals surface area contributed by atoms with E-state index in [-0.39, 0.29) is 11.7 Å². The number of fused-ring (bicyclic) bond motifs is 2. The van der Waals surface area contributed by atoms with E-state index in [2.05, 4.69) is 10.1 Å². The third-order valence-electron chi connectivity index (χ3n) is 5.29. The molecule has 4 aromatic rings. The molecule has 1 aliphatic heterocycles. The number of amides is 1. The Hall–Kier alpha value is -3.06. The molecule has 3 heterocycles. The summed E-state index contributed by atoms with van der Waals surface area (Å²) in [4.78, 5) is 19.4. The minimum atomic E-state index is -0.265. The van der Waals surface area contributed by atoms with E-state index in [9.17, 15) is 9.18 Å². The molecule has 0 atom stereocenters. The van der Waals surface area contributed by atoms with Gasteiger partial charge in [0.05, 0.1) is 46.6 Å². The molecule has 0 aliphatic carbocycles. The van der Waals surface area contributed by atoms with Crippen LogP contribution in [0.2, 0.25) is 0 Å². The van der Waals surface area contributed by atoms with Crippen molar-refractivity contribution in [2.45, 2.75) is 26.4 Å². The van der Waals surface area contributed by atoms with Gasteiger partial charge in [0.2, 0.25) is 5.91 Å². The molecule has 29 heavy (non-hydrogen) atoms. The molecule has 0 fully saturated rings. The number of carbonyl (C=O) groups is 1. The van der Waals surface area contributed by atoms with Crippen LogP contribution in [0.4, 0.5) is 4.39 Å². The van der Waals surface area contributed by atoms with Crippen LogP contribution in [0.1, 0.15) is 16.3 Å². The Morgan fingerprint density at radius 3 is 2.83 bits per heavy atom. The molecule has 0 saturated heterocycles. The summed E-state index contributed by atoms with van der Waals surface area (Å²) in [5.74, 6) is -0.173. The highest BCUT2D eigenvalue weighted by Crippen LogP contribution is 2.28. The van der Waals surface area contributed by atoms with E-state index in [1.54, 1.807) is 29.7 Å². The van der Waals surface area contributed by atoms with Gasteiger partial charge in [-0.25, -0.2) is 9.37 Å². The summed E-state index contributed by atoms with van der Waals surface area (Å²) < 4.78 is 16.3. The average molecular weight is 406 g/mol. The Morgan fingerprint density at radius 2 is 2.00 bits per heavy atom. The average Bonchev–Trinajstić information content (AvgIpc) is 3.30. The highest BCUT2D eigenvalue weighted by atomic mass is 32.1. The van der Waals surface area contributed by atoms with Crippen LogP contribution in [0.5, 0.6) is 0 Å². The van der Waals surface area contributed by atoms with Crippen LogP contribution in [-0.4, -0.2) is 32.1 Å². The summed E-state index contributed by atoms with van der Waals surface area (Å²) in [6, 6.07) is 12.5. The van der Waals surface area contributed by atoms with Gasteiger partial charge in [0.25, 0.3) is 0 Å². The fourth-order valence-corrected chi connectivity index (χ4v) is 4.62. The Labute approximate surface area is 171 Å². The van der Waals surface area contributed by atoms with E-state index in [0.29, 0.717) is 26.1 Å². The molecule has 1 amide bonds. The predicted molar refractivity (Wildman–Crippen MR) is 111 cm³/mol. The van der Waals surface area contributed by atoms with Gasteiger partial charge in [-0.05, 0) is 42.3 Å². The second-order valence-corrected chi connectivity index (χ2v) is 8.50. The largest absolute Gasteiger partial charge is 0.335 e. The van der Waals surface area contributed by atoms with Crippen molar-refractivity contribution in [3.05, 3.63) is 70.7 Å². The number of thiazole rings is 1. The lowest BCUT2D eigenvalue weighted by Gasteiger charge is -2.28. The van der Waals surface area contributed by atoms with Gasteiger partial charge in [0.15, 0.2) is 0 Å². The molecule has 5 rings (SSSR count). The van der Waals surface area contributed by atoms with Crippen molar-refractivity contribution in [1.29, 1.82) is 0 Å². The van der Waals surface area contributed by atoms with Crippen LogP contribution in [-0.2, 0) is 24.3 Å². The van der Waals surface area contributed by atoms with Crippen LogP contribution in [0.15, 0.2) is 48.7 Å². The minimum absolute atomic E-state index is 0.0915. The first kappa shape index (κ1) is 18.0. The standard InChI is InChI=1S/C22H19FN4OS/c1-14-25-19-10-15(2-7-21(19)29-14)11-22(28)26-8-9-27-20(13-26)18(12-24-27)16-3-5-17(23)6-4-16/h2-7,10,12H,8-9,11,13H2,1H3. The number of carbonyl (C=O) groups excluding carboxylic acids is 1. The predicted octanol–water partition coefficient (Wildman–Crippen LogP) is 4.19. The van der Waals surface area contributed by atoms with E-state index < -0.39 is 0 Å². The number of rotatable bonds is 3. The molecule has 0 saturated carbocycles. The van der Waals surface area contributed by atoms with Crippen LogP contribution in [0.25, 0.3) is 21.3 Å². The summed E-state index contributed by atoms with van der Waals surface area (Å²) in [6.07, 6.45) is 2.15. The minimum Gasteiger partial charge on any atom is -0.335 e. The number of aromatic nitrogens is 3. The number of aryl methyl sites for hydroxylation is 1. The maximum absolute atomic E-state index is 13.3. The van der Waals surface area contributed by atoms with Crippen LogP contribution >= 0.6 is 11.3 Å². The van der Waals surface area contributed by atoms with Crippen molar-refractivity contribution in [3.63, 3.8) is 0 Å². The molecule has 0 spiro atoms. The summed E-state index contributed by atoms with van der Waals surface area (Å²) >= 11 is 1.66. The van der Waals surface area contributed by atoms with Crippen LogP contribution in [0, 0.1) is 12.7 Å². The summed E-state index contributed by atoms with van der Waals surface area (Å²) in [5.41, 5.74) is 4.77. The lowest BCUT2D eigenvalue weighted by atomic mass is 10.0. The monoisotopic (exact) mass is 406 g/mol. The van der Waals surface area contributed by atoms with E-state index in [1.165, 1.54) is 12.1 Å². The summed E-state index contributed by atoms with van der Waals surface area (Å²) in [5, 5.41) is 5.48. The quantitative estimate of drug-likeness (QED) is 0.513. The lowest BCUT2D eigenvalue weighted by Crippen LogP contribution is -2.39. The van der Waals surface area contributed by atoms with E-state index in [4.69, 9.17) is 0 Å².